The average Bonchev–Trinajstić information content (AvgIpc) is 2.93. The lowest BCUT2D eigenvalue weighted by atomic mass is 9.91. The molecule has 0 saturated carbocycles. The summed E-state index contributed by atoms with van der Waals surface area (Å²) in [6, 6.07) is 5.59. The summed E-state index contributed by atoms with van der Waals surface area (Å²) in [5.74, 6) is 1.37. The van der Waals surface area contributed by atoms with Gasteiger partial charge in [-0.2, -0.15) is 4.98 Å². The zero-order valence-electron chi connectivity index (χ0n) is 24.9. The van der Waals surface area contributed by atoms with Crippen LogP contribution in [0.3, 0.4) is 0 Å². The van der Waals surface area contributed by atoms with Crippen molar-refractivity contribution >= 4 is 55.5 Å². The van der Waals surface area contributed by atoms with Crippen molar-refractivity contribution in [3.63, 3.8) is 0 Å². The Kier molecular flexibility index (Phi) is 8.84. The highest BCUT2D eigenvalue weighted by molar-refractivity contribution is 7.90. The van der Waals surface area contributed by atoms with E-state index in [1.807, 2.05) is 12.1 Å². The van der Waals surface area contributed by atoms with Crippen molar-refractivity contribution in [2.45, 2.75) is 38.5 Å². The molecule has 2 aromatic heterocycles. The summed E-state index contributed by atoms with van der Waals surface area (Å²) in [7, 11) is -1.56. The number of nitrogens with zero attached hydrogens (tertiary/aromatic N) is 5. The number of benzene rings is 1. The van der Waals surface area contributed by atoms with Crippen molar-refractivity contribution < 1.29 is 22.3 Å². The molecule has 3 aromatic rings. The number of carbonyl (C=O) groups is 1. The smallest absolute Gasteiger partial charge is 0.247 e. The van der Waals surface area contributed by atoms with Gasteiger partial charge in [-0.3, -0.25) is 4.79 Å². The standard InChI is InChI=1S/C30H38FN7O4S/c1-6-28(39)34-23-12-24(38-14-19(15-38)17-43(5,40)41)21-13-33-27(11-20(21)29(23)18(2)3)35-26-7-9-32-30(36-26)37-10-8-25(42-4)22(31)16-37/h6-7,9,11-13,18-19,22,25H,1,8,10,14-17H2,2-5H3,(H,34,39)(H,32,33,35,36)/t22-,25+/m0/s1. The van der Waals surface area contributed by atoms with Gasteiger partial charge < -0.3 is 25.2 Å². The van der Waals surface area contributed by atoms with Crippen LogP contribution in [0.25, 0.3) is 10.8 Å². The number of aromatic nitrogens is 3. The van der Waals surface area contributed by atoms with Crippen molar-refractivity contribution in [3.05, 3.63) is 48.8 Å². The maximum absolute atomic E-state index is 14.5. The molecule has 2 aliphatic heterocycles. The first kappa shape index (κ1) is 30.6. The Labute approximate surface area is 251 Å². The molecule has 0 radical (unpaired) electrons. The number of methoxy groups -OCH3 is 1. The summed E-state index contributed by atoms with van der Waals surface area (Å²) in [6.07, 6.45) is 4.88. The second-order valence-electron chi connectivity index (χ2n) is 11.6. The van der Waals surface area contributed by atoms with E-state index >= 15 is 0 Å². The molecule has 2 fully saturated rings. The summed E-state index contributed by atoms with van der Waals surface area (Å²) in [5, 5.41) is 8.01. The lowest BCUT2D eigenvalue weighted by Gasteiger charge is -2.41. The molecule has 0 aliphatic carbocycles. The van der Waals surface area contributed by atoms with Crippen LogP contribution in [0, 0.1) is 5.92 Å². The maximum atomic E-state index is 14.5. The van der Waals surface area contributed by atoms with E-state index in [9.17, 15) is 17.6 Å². The fraction of sp³-hybridized carbons (Fsp3) is 0.467. The van der Waals surface area contributed by atoms with Crippen LogP contribution >= 0.6 is 0 Å². The molecule has 0 unspecified atom stereocenters. The summed E-state index contributed by atoms with van der Waals surface area (Å²) in [6.45, 7) is 9.61. The Morgan fingerprint density at radius 2 is 1.95 bits per heavy atom. The highest BCUT2D eigenvalue weighted by Crippen LogP contribution is 2.41. The number of hydrogen-bond donors (Lipinski definition) is 2. The summed E-state index contributed by atoms with van der Waals surface area (Å²) in [5.41, 5.74) is 2.47. The first-order chi connectivity index (χ1) is 20.5. The normalized spacial score (nSPS) is 19.4. The molecule has 0 bridgehead atoms. The zero-order chi connectivity index (χ0) is 30.9. The van der Waals surface area contributed by atoms with Crippen LogP contribution in [0.2, 0.25) is 0 Å². The number of pyridine rings is 1. The molecule has 2 N–H and O–H groups in total. The molecular formula is C30H38FN7O4S. The number of sulfone groups is 1. The third-order valence-corrected chi connectivity index (χ3v) is 8.94. The quantitative estimate of drug-likeness (QED) is 0.324. The van der Waals surface area contributed by atoms with Crippen molar-refractivity contribution in [2.24, 2.45) is 5.92 Å². The lowest BCUT2D eigenvalue weighted by Crippen LogP contribution is -2.49. The Morgan fingerprint density at radius 1 is 1.19 bits per heavy atom. The summed E-state index contributed by atoms with van der Waals surface area (Å²) < 4.78 is 43.4. The minimum Gasteiger partial charge on any atom is -0.378 e. The van der Waals surface area contributed by atoms with Gasteiger partial charge in [-0.15, -0.1) is 0 Å². The number of carbonyl (C=O) groups excluding carboxylic acids is 1. The molecule has 2 saturated heterocycles. The summed E-state index contributed by atoms with van der Waals surface area (Å²) in [4.78, 5) is 30.0. The van der Waals surface area contributed by atoms with Gasteiger partial charge in [-0.25, -0.2) is 22.8 Å². The lowest BCUT2D eigenvalue weighted by molar-refractivity contribution is -0.111. The molecular weight excluding hydrogens is 573 g/mol. The van der Waals surface area contributed by atoms with Gasteiger partial charge in [0.05, 0.1) is 18.4 Å². The monoisotopic (exact) mass is 611 g/mol. The number of fused-ring (bicyclic) bond motifs is 1. The van der Waals surface area contributed by atoms with Crippen LogP contribution in [0.5, 0.6) is 0 Å². The molecule has 11 nitrogen and oxygen atoms in total. The number of alkyl halides is 1. The molecule has 1 aromatic carbocycles. The van der Waals surface area contributed by atoms with E-state index in [0.717, 1.165) is 22.0 Å². The van der Waals surface area contributed by atoms with E-state index in [-0.39, 0.29) is 30.0 Å². The minimum atomic E-state index is -3.08. The fourth-order valence-corrected chi connectivity index (χ4v) is 6.96. The van der Waals surface area contributed by atoms with Crippen LogP contribution in [-0.2, 0) is 19.4 Å². The Hall–Kier alpha value is -3.84. The second kappa shape index (κ2) is 12.4. The molecule has 43 heavy (non-hydrogen) atoms. The Bertz CT molecular complexity index is 1630. The van der Waals surface area contributed by atoms with Crippen LogP contribution in [-0.4, -0.2) is 86.9 Å². The number of hydrogen-bond acceptors (Lipinski definition) is 10. The number of halogens is 1. The van der Waals surface area contributed by atoms with Crippen molar-refractivity contribution in [2.75, 3.05) is 65.7 Å². The molecule has 4 heterocycles. The predicted molar refractivity (Wildman–Crippen MR) is 168 cm³/mol. The average molecular weight is 612 g/mol. The molecule has 1 amide bonds. The number of piperidine rings is 1. The number of anilines is 5. The van der Waals surface area contributed by atoms with Gasteiger partial charge in [0, 0.05) is 68.1 Å². The Morgan fingerprint density at radius 3 is 2.60 bits per heavy atom. The van der Waals surface area contributed by atoms with Gasteiger partial charge in [-0.1, -0.05) is 20.4 Å². The first-order valence-corrected chi connectivity index (χ1v) is 16.4. The van der Waals surface area contributed by atoms with Crippen molar-refractivity contribution in [1.29, 1.82) is 0 Å². The van der Waals surface area contributed by atoms with Crippen LogP contribution < -0.4 is 20.4 Å². The number of ether oxygens (including phenoxy) is 1. The molecule has 2 aliphatic rings. The second-order valence-corrected chi connectivity index (χ2v) is 13.8. The van der Waals surface area contributed by atoms with Crippen LogP contribution in [0.15, 0.2) is 43.2 Å². The third kappa shape index (κ3) is 6.88. The van der Waals surface area contributed by atoms with E-state index in [1.165, 1.54) is 19.4 Å². The van der Waals surface area contributed by atoms with E-state index in [2.05, 4.69) is 50.9 Å². The SMILES string of the molecule is C=CC(=O)Nc1cc(N2CC(CS(C)(=O)=O)C2)c2cnc(Nc3ccnc(N4CC[C@@H](OC)[C@@H](F)C4)n3)cc2c1C(C)C. The largest absolute Gasteiger partial charge is 0.378 e. The van der Waals surface area contributed by atoms with Gasteiger partial charge in [0.1, 0.15) is 27.6 Å². The topological polar surface area (TPSA) is 130 Å². The van der Waals surface area contributed by atoms with Gasteiger partial charge in [0.2, 0.25) is 11.9 Å². The van der Waals surface area contributed by atoms with Gasteiger partial charge in [0.15, 0.2) is 0 Å². The number of nitrogens with one attached hydrogen (secondary N) is 2. The fourth-order valence-electron chi connectivity index (χ4n) is 5.89. The number of amides is 1. The molecule has 13 heteroatoms. The van der Waals surface area contributed by atoms with E-state index in [0.29, 0.717) is 49.3 Å². The highest BCUT2D eigenvalue weighted by atomic mass is 32.2. The van der Waals surface area contributed by atoms with Crippen LogP contribution in [0.4, 0.5) is 33.3 Å². The number of rotatable bonds is 10. The van der Waals surface area contributed by atoms with E-state index in [4.69, 9.17) is 4.74 Å². The molecule has 0 spiro atoms. The first-order valence-electron chi connectivity index (χ1n) is 14.3. The third-order valence-electron chi connectivity index (χ3n) is 7.86. The van der Waals surface area contributed by atoms with Gasteiger partial charge in [0.25, 0.3) is 0 Å². The highest BCUT2D eigenvalue weighted by Gasteiger charge is 2.32. The maximum Gasteiger partial charge on any atom is 0.247 e. The van der Waals surface area contributed by atoms with Crippen molar-refractivity contribution in [1.82, 2.24) is 15.0 Å². The summed E-state index contributed by atoms with van der Waals surface area (Å²) >= 11 is 0. The van der Waals surface area contributed by atoms with Crippen LogP contribution in [0.1, 0.15) is 31.7 Å². The predicted octanol–water partition coefficient (Wildman–Crippen LogP) is 4.06. The zero-order valence-corrected chi connectivity index (χ0v) is 25.7. The van der Waals surface area contributed by atoms with Gasteiger partial charge in [-0.05, 0) is 47.6 Å². The van der Waals surface area contributed by atoms with E-state index < -0.39 is 22.1 Å². The minimum absolute atomic E-state index is 0.0369. The molecule has 230 valence electrons. The van der Waals surface area contributed by atoms with E-state index in [1.54, 1.807) is 23.4 Å². The van der Waals surface area contributed by atoms with Crippen molar-refractivity contribution in [3.8, 4) is 0 Å². The molecule has 5 rings (SSSR count). The van der Waals surface area contributed by atoms with Gasteiger partial charge >= 0.3 is 0 Å². The molecule has 2 atom stereocenters. The Balaban J connectivity index is 1.48.